The summed E-state index contributed by atoms with van der Waals surface area (Å²) in [5.74, 6) is 2.93. The van der Waals surface area contributed by atoms with Crippen LogP contribution in [-0.4, -0.2) is 11.5 Å². The fourth-order valence-electron chi connectivity index (χ4n) is 2.22. The lowest BCUT2D eigenvalue weighted by Gasteiger charge is -2.25. The third kappa shape index (κ3) is 4.00. The van der Waals surface area contributed by atoms with Crippen LogP contribution in [0, 0.1) is 17.8 Å². The van der Waals surface area contributed by atoms with Gasteiger partial charge in [-0.1, -0.05) is 33.8 Å². The maximum Gasteiger partial charge on any atom is 0.130 e. The summed E-state index contributed by atoms with van der Waals surface area (Å²) < 4.78 is 0. The second-order valence-electron chi connectivity index (χ2n) is 5.25. The minimum absolute atomic E-state index is 0.532. The minimum atomic E-state index is 0.532. The van der Waals surface area contributed by atoms with Gasteiger partial charge in [-0.15, -0.1) is 0 Å². The summed E-state index contributed by atoms with van der Waals surface area (Å²) in [6, 6.07) is 3.95. The Kier molecular flexibility index (Phi) is 5.42. The van der Waals surface area contributed by atoms with Crippen molar-refractivity contribution in [2.45, 2.75) is 34.2 Å². The van der Waals surface area contributed by atoms with Crippen LogP contribution in [-0.2, 0) is 6.54 Å². The molecule has 17 heavy (non-hydrogen) atoms. The third-order valence-corrected chi connectivity index (χ3v) is 3.33. The van der Waals surface area contributed by atoms with Crippen LogP contribution in [0.15, 0.2) is 18.3 Å². The molecular formula is C14H25N3. The van der Waals surface area contributed by atoms with E-state index in [2.05, 4.69) is 38.0 Å². The van der Waals surface area contributed by atoms with Gasteiger partial charge in [0.05, 0.1) is 0 Å². The maximum atomic E-state index is 5.70. The number of hydrogen-bond donors (Lipinski definition) is 2. The molecular weight excluding hydrogens is 210 g/mol. The molecule has 1 aromatic rings. The van der Waals surface area contributed by atoms with E-state index in [-0.39, 0.29) is 0 Å². The Labute approximate surface area is 105 Å². The van der Waals surface area contributed by atoms with Gasteiger partial charge in [0.1, 0.15) is 5.82 Å². The van der Waals surface area contributed by atoms with Crippen LogP contribution in [0.5, 0.6) is 0 Å². The van der Waals surface area contributed by atoms with E-state index in [0.717, 1.165) is 17.9 Å². The average Bonchev–Trinajstić information content (AvgIpc) is 2.29. The molecule has 1 rings (SSSR count). The summed E-state index contributed by atoms with van der Waals surface area (Å²) in [6.07, 6.45) is 1.81. The topological polar surface area (TPSA) is 50.9 Å². The van der Waals surface area contributed by atoms with Gasteiger partial charge in [-0.2, -0.15) is 0 Å². The molecule has 3 nitrogen and oxygen atoms in total. The van der Waals surface area contributed by atoms with Gasteiger partial charge in [-0.05, 0) is 23.8 Å². The van der Waals surface area contributed by atoms with Gasteiger partial charge in [0.2, 0.25) is 0 Å². The number of aromatic nitrogens is 1. The van der Waals surface area contributed by atoms with Gasteiger partial charge in [0.15, 0.2) is 0 Å². The molecule has 0 spiro atoms. The lowest BCUT2D eigenvalue weighted by molar-refractivity contribution is 0.304. The first-order chi connectivity index (χ1) is 8.06. The number of rotatable bonds is 6. The van der Waals surface area contributed by atoms with Gasteiger partial charge in [0, 0.05) is 24.8 Å². The van der Waals surface area contributed by atoms with Crippen LogP contribution < -0.4 is 11.1 Å². The number of anilines is 1. The molecule has 0 bridgehead atoms. The number of hydrogen-bond acceptors (Lipinski definition) is 3. The van der Waals surface area contributed by atoms with Crippen LogP contribution in [0.3, 0.4) is 0 Å². The lowest BCUT2D eigenvalue weighted by atomic mass is 9.85. The van der Waals surface area contributed by atoms with Crippen LogP contribution in [0.1, 0.15) is 33.3 Å². The summed E-state index contributed by atoms with van der Waals surface area (Å²) in [6.45, 7) is 10.6. The number of nitrogens with one attached hydrogen (secondary N) is 1. The Morgan fingerprint density at radius 3 is 2.41 bits per heavy atom. The highest BCUT2D eigenvalue weighted by molar-refractivity contribution is 5.43. The van der Waals surface area contributed by atoms with E-state index in [4.69, 9.17) is 5.73 Å². The molecule has 0 fully saturated rings. The lowest BCUT2D eigenvalue weighted by Crippen LogP contribution is -2.25. The predicted octanol–water partition coefficient (Wildman–Crippen LogP) is 2.88. The van der Waals surface area contributed by atoms with E-state index in [1.165, 1.54) is 0 Å². The summed E-state index contributed by atoms with van der Waals surface area (Å²) >= 11 is 0. The molecule has 1 aromatic heterocycles. The van der Waals surface area contributed by atoms with Crippen molar-refractivity contribution in [3.8, 4) is 0 Å². The molecule has 0 aliphatic carbocycles. The zero-order valence-corrected chi connectivity index (χ0v) is 11.4. The number of pyridine rings is 1. The number of nitrogens with two attached hydrogens (primary N) is 1. The molecule has 0 unspecified atom stereocenters. The average molecular weight is 235 g/mol. The van der Waals surface area contributed by atoms with Crippen molar-refractivity contribution < 1.29 is 0 Å². The van der Waals surface area contributed by atoms with Crippen molar-refractivity contribution in [3.63, 3.8) is 0 Å². The van der Waals surface area contributed by atoms with Crippen LogP contribution in [0.4, 0.5) is 5.82 Å². The Bertz CT molecular complexity index is 326. The first kappa shape index (κ1) is 14.0. The second-order valence-corrected chi connectivity index (χ2v) is 5.25. The van der Waals surface area contributed by atoms with E-state index in [9.17, 15) is 0 Å². The molecule has 96 valence electrons. The largest absolute Gasteiger partial charge is 0.370 e. The van der Waals surface area contributed by atoms with Crippen LogP contribution in [0.2, 0.25) is 0 Å². The summed E-state index contributed by atoms with van der Waals surface area (Å²) in [5, 5.41) is 3.44. The second kappa shape index (κ2) is 6.60. The monoisotopic (exact) mass is 235 g/mol. The summed E-state index contributed by atoms with van der Waals surface area (Å²) in [4.78, 5) is 4.35. The van der Waals surface area contributed by atoms with E-state index in [0.29, 0.717) is 24.3 Å². The van der Waals surface area contributed by atoms with Gasteiger partial charge in [-0.3, -0.25) is 0 Å². The molecule has 0 radical (unpaired) electrons. The summed E-state index contributed by atoms with van der Waals surface area (Å²) in [5.41, 5.74) is 6.78. The standard InChI is InChI=1S/C14H25N3/c1-10(2)13(11(3)4)9-17-14-12(8-15)6-5-7-16-14/h5-7,10-11,13H,8-9,15H2,1-4H3,(H,16,17). The highest BCUT2D eigenvalue weighted by Crippen LogP contribution is 2.21. The smallest absolute Gasteiger partial charge is 0.130 e. The van der Waals surface area contributed by atoms with Crippen molar-refractivity contribution in [3.05, 3.63) is 23.9 Å². The molecule has 3 N–H and O–H groups in total. The van der Waals surface area contributed by atoms with E-state index >= 15 is 0 Å². The van der Waals surface area contributed by atoms with Gasteiger partial charge >= 0.3 is 0 Å². The van der Waals surface area contributed by atoms with Gasteiger partial charge < -0.3 is 11.1 Å². The van der Waals surface area contributed by atoms with Crippen molar-refractivity contribution in [1.82, 2.24) is 4.98 Å². The Morgan fingerprint density at radius 1 is 1.24 bits per heavy atom. The first-order valence-corrected chi connectivity index (χ1v) is 6.44. The molecule has 3 heteroatoms. The molecule has 0 amide bonds. The molecule has 1 heterocycles. The number of nitrogens with zero attached hydrogens (tertiary/aromatic N) is 1. The fourth-order valence-corrected chi connectivity index (χ4v) is 2.22. The SMILES string of the molecule is CC(C)C(CNc1ncccc1CN)C(C)C. The quantitative estimate of drug-likeness (QED) is 0.797. The fraction of sp³-hybridized carbons (Fsp3) is 0.643. The molecule has 0 saturated heterocycles. The summed E-state index contributed by atoms with van der Waals surface area (Å²) in [7, 11) is 0. The molecule has 0 aliphatic heterocycles. The Balaban J connectivity index is 2.65. The van der Waals surface area contributed by atoms with E-state index in [1.807, 2.05) is 12.1 Å². The van der Waals surface area contributed by atoms with Gasteiger partial charge in [-0.25, -0.2) is 4.98 Å². The van der Waals surface area contributed by atoms with Crippen molar-refractivity contribution in [1.29, 1.82) is 0 Å². The predicted molar refractivity (Wildman–Crippen MR) is 73.8 cm³/mol. The van der Waals surface area contributed by atoms with Crippen LogP contribution >= 0.6 is 0 Å². The maximum absolute atomic E-state index is 5.70. The Morgan fingerprint density at radius 2 is 1.88 bits per heavy atom. The first-order valence-electron chi connectivity index (χ1n) is 6.44. The highest BCUT2D eigenvalue weighted by atomic mass is 15.0. The van der Waals surface area contributed by atoms with Crippen molar-refractivity contribution >= 4 is 5.82 Å². The zero-order chi connectivity index (χ0) is 12.8. The van der Waals surface area contributed by atoms with Crippen molar-refractivity contribution in [2.75, 3.05) is 11.9 Å². The molecule has 0 atom stereocenters. The highest BCUT2D eigenvalue weighted by Gasteiger charge is 2.17. The van der Waals surface area contributed by atoms with Gasteiger partial charge in [0.25, 0.3) is 0 Å². The van der Waals surface area contributed by atoms with E-state index in [1.54, 1.807) is 6.20 Å². The molecule has 0 aromatic carbocycles. The third-order valence-electron chi connectivity index (χ3n) is 3.33. The zero-order valence-electron chi connectivity index (χ0n) is 11.4. The van der Waals surface area contributed by atoms with Crippen LogP contribution in [0.25, 0.3) is 0 Å². The van der Waals surface area contributed by atoms with E-state index < -0.39 is 0 Å². The molecule has 0 saturated carbocycles. The Hall–Kier alpha value is -1.09. The normalized spacial score (nSPS) is 11.5. The minimum Gasteiger partial charge on any atom is -0.370 e. The van der Waals surface area contributed by atoms with Crippen molar-refractivity contribution in [2.24, 2.45) is 23.5 Å². The molecule has 0 aliphatic rings.